The molecule has 4 aromatic rings. The molecule has 0 radical (unpaired) electrons. The van der Waals surface area contributed by atoms with E-state index in [-0.39, 0.29) is 18.1 Å². The molecule has 7 nitrogen and oxygen atoms in total. The Kier molecular flexibility index (Phi) is 5.69. The average molecular weight is 443 g/mol. The van der Waals surface area contributed by atoms with Crippen LogP contribution in [0.5, 0.6) is 11.5 Å². The van der Waals surface area contributed by atoms with Crippen molar-refractivity contribution in [1.29, 1.82) is 0 Å². The minimum Gasteiger partial charge on any atom is -0.497 e. The molecule has 2 aromatic carbocycles. The van der Waals surface area contributed by atoms with E-state index in [0.29, 0.717) is 15.9 Å². The summed E-state index contributed by atoms with van der Waals surface area (Å²) in [5.74, 6) is -0.0177. The van der Waals surface area contributed by atoms with Crippen molar-refractivity contribution in [3.05, 3.63) is 81.4 Å². The molecule has 0 atom stereocenters. The number of methoxy groups -OCH3 is 1. The first kappa shape index (κ1) is 19.9. The highest BCUT2D eigenvalue weighted by atomic mass is 35.5. The summed E-state index contributed by atoms with van der Waals surface area (Å²) in [6.45, 7) is 0.169. The van der Waals surface area contributed by atoms with E-state index in [2.05, 4.69) is 10.3 Å². The maximum Gasteiger partial charge on any atom is 0.293 e. The van der Waals surface area contributed by atoms with E-state index in [9.17, 15) is 9.59 Å². The monoisotopic (exact) mass is 442 g/mol. The fourth-order valence-electron chi connectivity index (χ4n) is 2.61. The fraction of sp³-hybridized carbons (Fsp3) is 0.0952. The molecule has 0 aliphatic heterocycles. The lowest BCUT2D eigenvalue weighted by Gasteiger charge is -2.06. The topological polar surface area (TPSA) is 90.7 Å². The molecule has 0 saturated heterocycles. The van der Waals surface area contributed by atoms with Gasteiger partial charge in [0.25, 0.3) is 5.91 Å². The lowest BCUT2D eigenvalue weighted by Crippen LogP contribution is -2.15. The van der Waals surface area contributed by atoms with Crippen LogP contribution < -0.4 is 20.2 Å². The van der Waals surface area contributed by atoms with Crippen molar-refractivity contribution in [2.24, 2.45) is 0 Å². The summed E-state index contributed by atoms with van der Waals surface area (Å²) in [6.07, 6.45) is 1.12. The van der Waals surface area contributed by atoms with Gasteiger partial charge < -0.3 is 13.9 Å². The minimum absolute atomic E-state index is 0.00795. The number of nitrogens with zero attached hydrogens (tertiary/aromatic N) is 1. The number of rotatable bonds is 6. The van der Waals surface area contributed by atoms with E-state index in [1.165, 1.54) is 11.3 Å². The van der Waals surface area contributed by atoms with Gasteiger partial charge in [-0.05, 0) is 35.9 Å². The third-order valence-corrected chi connectivity index (χ3v) is 5.33. The van der Waals surface area contributed by atoms with Crippen molar-refractivity contribution in [3.63, 3.8) is 0 Å². The van der Waals surface area contributed by atoms with Crippen molar-refractivity contribution in [3.8, 4) is 11.5 Å². The number of ether oxygens (including phenoxy) is 2. The highest BCUT2D eigenvalue weighted by molar-refractivity contribution is 7.22. The maximum atomic E-state index is 12.4. The van der Waals surface area contributed by atoms with Gasteiger partial charge in [0.05, 0.1) is 17.3 Å². The second kappa shape index (κ2) is 8.56. The summed E-state index contributed by atoms with van der Waals surface area (Å²) < 4.78 is 16.8. The first-order valence-electron chi connectivity index (χ1n) is 8.78. The second-order valence-electron chi connectivity index (χ2n) is 6.19. The Morgan fingerprint density at radius 3 is 2.73 bits per heavy atom. The highest BCUT2D eigenvalue weighted by Gasteiger charge is 2.15. The zero-order valence-corrected chi connectivity index (χ0v) is 17.3. The number of thiazole rings is 1. The maximum absolute atomic E-state index is 12.4. The van der Waals surface area contributed by atoms with Crippen LogP contribution in [0.25, 0.3) is 10.2 Å². The average Bonchev–Trinajstić information content (AvgIpc) is 3.15. The van der Waals surface area contributed by atoms with Crippen molar-refractivity contribution in [1.82, 2.24) is 4.98 Å². The number of aromatic nitrogens is 1. The molecule has 0 spiro atoms. The van der Waals surface area contributed by atoms with Gasteiger partial charge in [-0.3, -0.25) is 14.9 Å². The normalized spacial score (nSPS) is 10.7. The molecule has 0 bridgehead atoms. The molecule has 1 amide bonds. The number of nitrogens with one attached hydrogen (secondary N) is 1. The minimum atomic E-state index is -0.581. The van der Waals surface area contributed by atoms with Crippen LogP contribution >= 0.6 is 22.9 Å². The molecule has 152 valence electrons. The third-order valence-electron chi connectivity index (χ3n) is 4.15. The molecular formula is C21H15ClN2O5S. The lowest BCUT2D eigenvalue weighted by molar-refractivity contribution is 0.0993. The number of amides is 1. The van der Waals surface area contributed by atoms with E-state index in [4.69, 9.17) is 25.5 Å². The van der Waals surface area contributed by atoms with E-state index >= 15 is 0 Å². The summed E-state index contributed by atoms with van der Waals surface area (Å²) in [5, 5.41) is 3.63. The van der Waals surface area contributed by atoms with Crippen LogP contribution in [0.1, 0.15) is 16.1 Å². The number of fused-ring (bicyclic) bond motifs is 1. The molecule has 2 heterocycles. The largest absolute Gasteiger partial charge is 0.497 e. The number of anilines is 1. The highest BCUT2D eigenvalue weighted by Crippen LogP contribution is 2.29. The molecule has 30 heavy (non-hydrogen) atoms. The van der Waals surface area contributed by atoms with Crippen molar-refractivity contribution in [2.75, 3.05) is 12.4 Å². The number of benzene rings is 2. The lowest BCUT2D eigenvalue weighted by atomic mass is 10.2. The van der Waals surface area contributed by atoms with Crippen LogP contribution in [0.2, 0.25) is 5.02 Å². The Hall–Kier alpha value is -3.36. The summed E-state index contributed by atoms with van der Waals surface area (Å²) in [5.41, 5.74) is 1.10. The van der Waals surface area contributed by atoms with Crippen molar-refractivity contribution in [2.45, 2.75) is 6.61 Å². The third kappa shape index (κ3) is 4.45. The molecule has 2 aromatic heterocycles. The van der Waals surface area contributed by atoms with E-state index in [1.807, 2.05) is 6.07 Å². The number of hydrogen-bond donors (Lipinski definition) is 1. The van der Waals surface area contributed by atoms with Crippen LogP contribution in [0.3, 0.4) is 0 Å². The Labute approximate surface area is 179 Å². The summed E-state index contributed by atoms with van der Waals surface area (Å²) in [6, 6.07) is 13.5. The zero-order chi connectivity index (χ0) is 21.1. The first-order valence-corrected chi connectivity index (χ1v) is 9.97. The van der Waals surface area contributed by atoms with Gasteiger partial charge in [0.1, 0.15) is 18.6 Å². The van der Waals surface area contributed by atoms with Gasteiger partial charge >= 0.3 is 0 Å². The zero-order valence-electron chi connectivity index (χ0n) is 15.7. The van der Waals surface area contributed by atoms with E-state index in [1.54, 1.807) is 43.5 Å². The van der Waals surface area contributed by atoms with Gasteiger partial charge in [-0.1, -0.05) is 35.1 Å². The summed E-state index contributed by atoms with van der Waals surface area (Å²) in [7, 11) is 1.58. The van der Waals surface area contributed by atoms with Gasteiger partial charge in [0.15, 0.2) is 10.9 Å². The van der Waals surface area contributed by atoms with E-state index in [0.717, 1.165) is 28.1 Å². The Balaban J connectivity index is 1.44. The van der Waals surface area contributed by atoms with Gasteiger partial charge in [-0.2, -0.15) is 0 Å². The van der Waals surface area contributed by atoms with Crippen molar-refractivity contribution >= 4 is 44.2 Å². The molecule has 0 aliphatic rings. The molecule has 4 rings (SSSR count). The fourth-order valence-corrected chi connectivity index (χ4v) is 3.62. The standard InChI is InChI=1S/C21H15ClN2O5S/c1-27-14-6-7-15-19(8-14)30-21(23-15)24-20(26)17-9-16(25)18(11-29-17)28-10-12-2-4-13(22)5-3-12/h2-9,11H,10H2,1H3,(H,23,24,26). The van der Waals surface area contributed by atoms with Crippen LogP contribution in [0.4, 0.5) is 5.13 Å². The van der Waals surface area contributed by atoms with Gasteiger partial charge in [-0.15, -0.1) is 0 Å². The Morgan fingerprint density at radius 1 is 1.20 bits per heavy atom. The summed E-state index contributed by atoms with van der Waals surface area (Å²) >= 11 is 7.13. The van der Waals surface area contributed by atoms with Crippen LogP contribution in [-0.4, -0.2) is 18.0 Å². The quantitative estimate of drug-likeness (QED) is 0.463. The van der Waals surface area contributed by atoms with Crippen molar-refractivity contribution < 1.29 is 18.7 Å². The van der Waals surface area contributed by atoms with Crippen LogP contribution in [0.15, 0.2) is 64.0 Å². The number of hydrogen-bond acceptors (Lipinski definition) is 7. The molecule has 0 aliphatic carbocycles. The van der Waals surface area contributed by atoms with Gasteiger partial charge in [0.2, 0.25) is 11.2 Å². The molecular weight excluding hydrogens is 428 g/mol. The Bertz CT molecular complexity index is 1270. The molecule has 0 saturated carbocycles. The van der Waals surface area contributed by atoms with E-state index < -0.39 is 11.3 Å². The molecule has 9 heteroatoms. The molecule has 0 fully saturated rings. The van der Waals surface area contributed by atoms with Crippen LogP contribution in [-0.2, 0) is 6.61 Å². The summed E-state index contributed by atoms with van der Waals surface area (Å²) in [4.78, 5) is 29.0. The smallest absolute Gasteiger partial charge is 0.293 e. The van der Waals surface area contributed by atoms with Crippen LogP contribution in [0, 0.1) is 0 Å². The SMILES string of the molecule is COc1ccc2nc(NC(=O)c3cc(=O)c(OCc4ccc(Cl)cc4)co3)sc2c1. The number of halogens is 1. The first-order chi connectivity index (χ1) is 14.5. The Morgan fingerprint density at radius 2 is 2.00 bits per heavy atom. The molecule has 1 N–H and O–H groups in total. The molecule has 0 unspecified atom stereocenters. The van der Waals surface area contributed by atoms with Gasteiger partial charge in [-0.25, -0.2) is 4.98 Å². The number of carbonyl (C=O) groups excluding carboxylic acids is 1. The predicted molar refractivity (Wildman–Crippen MR) is 115 cm³/mol. The second-order valence-corrected chi connectivity index (χ2v) is 7.66. The predicted octanol–water partition coefficient (Wildman–Crippen LogP) is 4.74. The number of carbonyl (C=O) groups is 1. The van der Waals surface area contributed by atoms with Gasteiger partial charge in [0, 0.05) is 11.1 Å².